The van der Waals surface area contributed by atoms with E-state index >= 15 is 0 Å². The van der Waals surface area contributed by atoms with E-state index in [-0.39, 0.29) is 24.8 Å². The van der Waals surface area contributed by atoms with Crippen molar-refractivity contribution in [1.82, 2.24) is 33.6 Å². The summed E-state index contributed by atoms with van der Waals surface area (Å²) in [6, 6.07) is 8.53. The number of aryl methyl sites for hydroxylation is 2. The Balaban J connectivity index is 1.41. The van der Waals surface area contributed by atoms with Crippen molar-refractivity contribution in [1.29, 1.82) is 0 Å². The summed E-state index contributed by atoms with van der Waals surface area (Å²) in [5.41, 5.74) is 2.89. The predicted octanol–water partition coefficient (Wildman–Crippen LogP) is 4.98. The number of methoxy groups -OCH3 is 1. The van der Waals surface area contributed by atoms with E-state index < -0.39 is 24.2 Å². The van der Waals surface area contributed by atoms with Crippen LogP contribution < -0.4 is 10.4 Å². The van der Waals surface area contributed by atoms with E-state index in [1.807, 2.05) is 0 Å². The summed E-state index contributed by atoms with van der Waals surface area (Å²) >= 11 is 0. The number of ether oxygens (including phenoxy) is 1. The lowest BCUT2D eigenvalue weighted by Crippen LogP contribution is -2.25. The fourth-order valence-electron chi connectivity index (χ4n) is 5.06. The van der Waals surface area contributed by atoms with Gasteiger partial charge >= 0.3 is 11.9 Å². The summed E-state index contributed by atoms with van der Waals surface area (Å²) < 4.78 is 62.5. The number of hydrogen-bond donors (Lipinski definition) is 0. The van der Waals surface area contributed by atoms with Crippen molar-refractivity contribution >= 4 is 11.0 Å². The van der Waals surface area contributed by atoms with Crippen LogP contribution in [0.2, 0.25) is 0 Å². The Hall–Kier alpha value is -4.55. The van der Waals surface area contributed by atoms with Gasteiger partial charge in [0, 0.05) is 24.7 Å². The zero-order valence-electron chi connectivity index (χ0n) is 22.2. The molecular formula is C28H25F4N7O2. The van der Waals surface area contributed by atoms with Crippen LogP contribution in [0.5, 0.6) is 5.88 Å². The molecule has 0 radical (unpaired) electrons. The summed E-state index contributed by atoms with van der Waals surface area (Å²) in [5.74, 6) is 0.827. The molecular weight excluding hydrogens is 542 g/mol. The van der Waals surface area contributed by atoms with Crippen LogP contribution in [-0.4, -0.2) is 47.4 Å². The number of pyridine rings is 1. The molecule has 1 aliphatic rings. The lowest BCUT2D eigenvalue weighted by Gasteiger charge is -2.12. The van der Waals surface area contributed by atoms with Crippen LogP contribution in [0.4, 0.5) is 17.6 Å². The molecule has 9 nitrogen and oxygen atoms in total. The molecule has 13 heteroatoms. The van der Waals surface area contributed by atoms with Crippen molar-refractivity contribution in [3.05, 3.63) is 76.5 Å². The molecule has 4 heterocycles. The van der Waals surface area contributed by atoms with Crippen LogP contribution in [0.15, 0.2) is 53.8 Å². The standard InChI is InChI=1S/C28H25F4N7O2/c1-37-14-22(28(30,31)32)36-25(37)18-5-3-16(4-6-18)13-39-20-11-19(33-12-21(20)38(10-9-29)27(39)40)23-24(17-7-8-17)34-15-35-26(23)41-2/h3-6,11-12,14-15,17H,7-10,13H2,1-2H3. The van der Waals surface area contributed by atoms with E-state index in [1.165, 1.54) is 34.2 Å². The molecule has 0 N–H and O–H groups in total. The number of rotatable bonds is 8. The van der Waals surface area contributed by atoms with Gasteiger partial charge in [0.2, 0.25) is 5.88 Å². The van der Waals surface area contributed by atoms with Crippen molar-refractivity contribution in [2.24, 2.45) is 7.05 Å². The van der Waals surface area contributed by atoms with Gasteiger partial charge in [0.1, 0.15) is 18.8 Å². The molecule has 6 rings (SSSR count). The van der Waals surface area contributed by atoms with E-state index in [4.69, 9.17) is 4.74 Å². The van der Waals surface area contributed by atoms with E-state index in [2.05, 4.69) is 19.9 Å². The first kappa shape index (κ1) is 26.7. The van der Waals surface area contributed by atoms with Crippen molar-refractivity contribution in [3.8, 4) is 28.5 Å². The molecule has 1 aromatic carbocycles. The highest BCUT2D eigenvalue weighted by Crippen LogP contribution is 2.45. The van der Waals surface area contributed by atoms with Crippen LogP contribution in [0.1, 0.15) is 35.7 Å². The fourth-order valence-corrected chi connectivity index (χ4v) is 5.06. The van der Waals surface area contributed by atoms with E-state index in [9.17, 15) is 22.4 Å². The van der Waals surface area contributed by atoms with Gasteiger partial charge in [0.15, 0.2) is 5.69 Å². The highest BCUT2D eigenvalue weighted by Gasteiger charge is 2.34. The molecule has 5 aromatic rings. The molecule has 0 amide bonds. The zero-order chi connectivity index (χ0) is 28.9. The monoisotopic (exact) mass is 567 g/mol. The molecule has 0 spiro atoms. The molecule has 0 bridgehead atoms. The Morgan fingerprint density at radius 3 is 2.44 bits per heavy atom. The number of imidazole rings is 2. The van der Waals surface area contributed by atoms with Gasteiger partial charge in [-0.1, -0.05) is 24.3 Å². The molecule has 0 atom stereocenters. The summed E-state index contributed by atoms with van der Waals surface area (Å²) in [6.45, 7) is -0.718. The number of benzene rings is 1. The predicted molar refractivity (Wildman–Crippen MR) is 142 cm³/mol. The maximum absolute atomic E-state index is 13.4. The van der Waals surface area contributed by atoms with Gasteiger partial charge in [-0.3, -0.25) is 14.1 Å². The first-order chi connectivity index (χ1) is 19.7. The van der Waals surface area contributed by atoms with Crippen molar-refractivity contribution in [3.63, 3.8) is 0 Å². The van der Waals surface area contributed by atoms with Gasteiger partial charge in [0.05, 0.1) is 54.4 Å². The molecule has 0 aliphatic heterocycles. The van der Waals surface area contributed by atoms with E-state index in [0.29, 0.717) is 33.7 Å². The summed E-state index contributed by atoms with van der Waals surface area (Å²) in [5, 5.41) is 0. The Morgan fingerprint density at radius 1 is 1.05 bits per heavy atom. The third-order valence-electron chi connectivity index (χ3n) is 7.19. The minimum Gasteiger partial charge on any atom is -0.480 e. The lowest BCUT2D eigenvalue weighted by atomic mass is 10.1. The first-order valence-corrected chi connectivity index (χ1v) is 12.9. The van der Waals surface area contributed by atoms with E-state index in [0.717, 1.165) is 30.3 Å². The summed E-state index contributed by atoms with van der Waals surface area (Å²) in [4.78, 5) is 30.5. The number of nitrogens with zero attached hydrogens (tertiary/aromatic N) is 7. The quantitative estimate of drug-likeness (QED) is 0.246. The van der Waals surface area contributed by atoms with Crippen LogP contribution in [0, 0.1) is 0 Å². The van der Waals surface area contributed by atoms with Gasteiger partial charge in [0.25, 0.3) is 0 Å². The van der Waals surface area contributed by atoms with Crippen molar-refractivity contribution in [2.75, 3.05) is 13.8 Å². The Kier molecular flexibility index (Phi) is 6.59. The van der Waals surface area contributed by atoms with Gasteiger partial charge in [-0.25, -0.2) is 24.1 Å². The minimum atomic E-state index is -4.55. The van der Waals surface area contributed by atoms with Gasteiger partial charge in [-0.15, -0.1) is 0 Å². The lowest BCUT2D eigenvalue weighted by molar-refractivity contribution is -0.140. The second-order valence-electron chi connectivity index (χ2n) is 9.94. The fraction of sp³-hybridized carbons (Fsp3) is 0.321. The molecule has 212 valence electrons. The van der Waals surface area contributed by atoms with E-state index in [1.54, 1.807) is 36.5 Å². The maximum atomic E-state index is 13.4. The molecule has 0 unspecified atom stereocenters. The van der Waals surface area contributed by atoms with Crippen molar-refractivity contribution < 1.29 is 22.3 Å². The second kappa shape index (κ2) is 10.1. The molecule has 4 aromatic heterocycles. The summed E-state index contributed by atoms with van der Waals surface area (Å²) in [7, 11) is 3.02. The minimum absolute atomic E-state index is 0.131. The average molecular weight is 568 g/mol. The second-order valence-corrected chi connectivity index (χ2v) is 9.94. The first-order valence-electron chi connectivity index (χ1n) is 12.9. The van der Waals surface area contributed by atoms with Crippen LogP contribution in [0.25, 0.3) is 33.7 Å². The third kappa shape index (κ3) is 4.85. The highest BCUT2D eigenvalue weighted by molar-refractivity contribution is 5.82. The Bertz CT molecular complexity index is 1800. The van der Waals surface area contributed by atoms with Crippen LogP contribution >= 0.6 is 0 Å². The van der Waals surface area contributed by atoms with Gasteiger partial charge in [-0.2, -0.15) is 13.2 Å². The van der Waals surface area contributed by atoms with Crippen LogP contribution in [-0.2, 0) is 26.3 Å². The normalized spacial score (nSPS) is 13.7. The third-order valence-corrected chi connectivity index (χ3v) is 7.19. The molecule has 1 aliphatic carbocycles. The smallest absolute Gasteiger partial charge is 0.434 e. The Morgan fingerprint density at radius 2 is 1.80 bits per heavy atom. The number of halogens is 4. The number of aromatic nitrogens is 7. The van der Waals surface area contributed by atoms with Crippen molar-refractivity contribution in [2.45, 2.75) is 38.0 Å². The molecule has 0 saturated heterocycles. The maximum Gasteiger partial charge on any atom is 0.434 e. The molecule has 41 heavy (non-hydrogen) atoms. The van der Waals surface area contributed by atoms with Crippen LogP contribution in [0.3, 0.4) is 0 Å². The average Bonchev–Trinajstić information content (AvgIpc) is 3.69. The van der Waals surface area contributed by atoms with Gasteiger partial charge in [-0.05, 0) is 24.5 Å². The number of alkyl halides is 4. The Labute approximate surface area is 231 Å². The largest absolute Gasteiger partial charge is 0.480 e. The zero-order valence-corrected chi connectivity index (χ0v) is 22.2. The molecule has 1 fully saturated rings. The number of hydrogen-bond acceptors (Lipinski definition) is 6. The highest BCUT2D eigenvalue weighted by atomic mass is 19.4. The molecule has 1 saturated carbocycles. The van der Waals surface area contributed by atoms with Gasteiger partial charge < -0.3 is 9.30 Å². The SMILES string of the molecule is COc1ncnc(C2CC2)c1-c1cc2c(cn1)n(CCF)c(=O)n2Cc1ccc(-c2nc(C(F)(F)F)cn2C)cc1. The number of fused-ring (bicyclic) bond motifs is 1. The topological polar surface area (TPSA) is 92.7 Å². The summed E-state index contributed by atoms with van der Waals surface area (Å²) in [6.07, 6.45) is 1.39.